The molecule has 1 fully saturated rings. The third kappa shape index (κ3) is 3.73. The number of aryl methyl sites for hydroxylation is 1. The molecule has 2 aromatic rings. The Balaban J connectivity index is 1.36. The summed E-state index contributed by atoms with van der Waals surface area (Å²) in [5.74, 6) is 0.822. The van der Waals surface area contributed by atoms with Crippen molar-refractivity contribution in [3.05, 3.63) is 22.8 Å². The first-order valence-electron chi connectivity index (χ1n) is 9.02. The van der Waals surface area contributed by atoms with E-state index >= 15 is 0 Å². The van der Waals surface area contributed by atoms with Crippen LogP contribution in [0.5, 0.6) is 0 Å². The number of likely N-dealkylation sites (N-methyl/N-ethyl adjacent to an activating group) is 1. The van der Waals surface area contributed by atoms with E-state index in [9.17, 15) is 4.79 Å². The monoisotopic (exact) mass is 377 g/mol. The maximum Gasteiger partial charge on any atom is 0.225 e. The molecule has 1 aliphatic heterocycles. The molecular weight excluding hydrogens is 354 g/mol. The van der Waals surface area contributed by atoms with E-state index in [0.717, 1.165) is 56.4 Å². The Labute approximate surface area is 156 Å². The van der Waals surface area contributed by atoms with Gasteiger partial charge in [-0.1, -0.05) is 5.16 Å². The normalized spacial score (nSPS) is 20.0. The molecule has 0 aromatic carbocycles. The quantitative estimate of drug-likeness (QED) is 0.773. The third-order valence-electron chi connectivity index (χ3n) is 5.01. The van der Waals surface area contributed by atoms with Crippen LogP contribution in [0, 0.1) is 5.92 Å². The van der Waals surface area contributed by atoms with Gasteiger partial charge in [0.05, 0.1) is 18.9 Å². The molecule has 1 unspecified atom stereocenters. The number of carbonyl (C=O) groups excluding carboxylic acids is 1. The van der Waals surface area contributed by atoms with Gasteiger partial charge in [0.2, 0.25) is 12.3 Å². The first-order chi connectivity index (χ1) is 12.7. The lowest BCUT2D eigenvalue weighted by Crippen LogP contribution is -2.37. The van der Waals surface area contributed by atoms with E-state index in [1.807, 2.05) is 7.05 Å². The largest absolute Gasteiger partial charge is 0.378 e. The molecule has 0 spiro atoms. The van der Waals surface area contributed by atoms with Crippen molar-refractivity contribution >= 4 is 22.4 Å². The van der Waals surface area contributed by atoms with E-state index in [1.54, 1.807) is 16.2 Å². The van der Waals surface area contributed by atoms with E-state index in [2.05, 4.69) is 15.0 Å². The summed E-state index contributed by atoms with van der Waals surface area (Å²) in [6, 6.07) is 0. The van der Waals surface area contributed by atoms with Crippen LogP contribution < -0.4 is 4.90 Å². The summed E-state index contributed by atoms with van der Waals surface area (Å²) in [5.41, 5.74) is 1.10. The van der Waals surface area contributed by atoms with Gasteiger partial charge in [-0.2, -0.15) is 4.98 Å². The minimum absolute atomic E-state index is 0.0115. The Kier molecular flexibility index (Phi) is 5.16. The Morgan fingerprint density at radius 2 is 2.27 bits per heavy atom. The number of hydrogen-bond acceptors (Lipinski definition) is 8. The van der Waals surface area contributed by atoms with Gasteiger partial charge in [0.25, 0.3) is 0 Å². The van der Waals surface area contributed by atoms with E-state index in [-0.39, 0.29) is 11.8 Å². The fraction of sp³-hybridized carbons (Fsp3) is 0.647. The van der Waals surface area contributed by atoms with Crippen LogP contribution in [0.4, 0.5) is 5.13 Å². The number of ether oxygens (including phenoxy) is 1. The van der Waals surface area contributed by atoms with Gasteiger partial charge < -0.3 is 19.1 Å². The molecule has 140 valence electrons. The van der Waals surface area contributed by atoms with Gasteiger partial charge in [0.1, 0.15) is 0 Å². The summed E-state index contributed by atoms with van der Waals surface area (Å²) < 4.78 is 10.1. The Hall–Kier alpha value is -2.00. The van der Waals surface area contributed by atoms with Gasteiger partial charge in [-0.05, 0) is 12.8 Å². The molecule has 8 nitrogen and oxygen atoms in total. The van der Waals surface area contributed by atoms with Crippen LogP contribution in [0.15, 0.2) is 10.9 Å². The van der Waals surface area contributed by atoms with Crippen LogP contribution in [-0.4, -0.2) is 65.8 Å². The van der Waals surface area contributed by atoms with Crippen molar-refractivity contribution in [1.29, 1.82) is 0 Å². The molecule has 2 aliphatic rings. The molecule has 1 atom stereocenters. The summed E-state index contributed by atoms with van der Waals surface area (Å²) in [4.78, 5) is 27.0. The van der Waals surface area contributed by atoms with E-state index < -0.39 is 0 Å². The van der Waals surface area contributed by atoms with Crippen molar-refractivity contribution in [3.63, 3.8) is 0 Å². The second-order valence-corrected chi connectivity index (χ2v) is 7.82. The molecule has 1 saturated heterocycles. The fourth-order valence-electron chi connectivity index (χ4n) is 3.46. The number of aromatic nitrogens is 3. The lowest BCUT2D eigenvalue weighted by Gasteiger charge is -2.26. The van der Waals surface area contributed by atoms with E-state index in [1.165, 1.54) is 11.3 Å². The van der Waals surface area contributed by atoms with Crippen LogP contribution in [0.1, 0.15) is 22.8 Å². The number of morpholine rings is 1. The summed E-state index contributed by atoms with van der Waals surface area (Å²) in [6.07, 6.45) is 4.49. The average molecular weight is 377 g/mol. The summed E-state index contributed by atoms with van der Waals surface area (Å²) >= 11 is 1.78. The molecule has 26 heavy (non-hydrogen) atoms. The first-order valence-corrected chi connectivity index (χ1v) is 9.84. The second kappa shape index (κ2) is 7.71. The maximum atomic E-state index is 12.8. The molecule has 4 rings (SSSR count). The summed E-state index contributed by atoms with van der Waals surface area (Å²) in [7, 11) is 1.85. The van der Waals surface area contributed by atoms with Crippen LogP contribution in [-0.2, 0) is 28.8 Å². The number of carbonyl (C=O) groups is 1. The van der Waals surface area contributed by atoms with Gasteiger partial charge in [0, 0.05) is 50.3 Å². The highest BCUT2D eigenvalue weighted by atomic mass is 32.1. The van der Waals surface area contributed by atoms with Crippen molar-refractivity contribution < 1.29 is 14.1 Å². The van der Waals surface area contributed by atoms with E-state index in [4.69, 9.17) is 14.2 Å². The second-order valence-electron chi connectivity index (χ2n) is 6.76. The number of rotatable bonds is 5. The molecule has 0 saturated carbocycles. The highest BCUT2D eigenvalue weighted by molar-refractivity contribution is 7.15. The zero-order chi connectivity index (χ0) is 17.9. The van der Waals surface area contributed by atoms with Crippen molar-refractivity contribution in [3.8, 4) is 0 Å². The zero-order valence-electron chi connectivity index (χ0n) is 14.9. The smallest absolute Gasteiger partial charge is 0.225 e. The molecule has 9 heteroatoms. The third-order valence-corrected chi connectivity index (χ3v) is 6.23. The number of hydrogen-bond donors (Lipinski definition) is 0. The fourth-order valence-corrected chi connectivity index (χ4v) is 4.61. The van der Waals surface area contributed by atoms with Crippen LogP contribution in [0.25, 0.3) is 0 Å². The number of thiazole rings is 1. The van der Waals surface area contributed by atoms with Crippen molar-refractivity contribution in [2.24, 2.45) is 5.92 Å². The molecule has 2 aromatic heterocycles. The van der Waals surface area contributed by atoms with Gasteiger partial charge in [-0.3, -0.25) is 4.79 Å². The Morgan fingerprint density at radius 3 is 3.04 bits per heavy atom. The van der Waals surface area contributed by atoms with Crippen LogP contribution >= 0.6 is 11.3 Å². The molecule has 1 aliphatic carbocycles. The lowest BCUT2D eigenvalue weighted by molar-refractivity contribution is -0.134. The topological polar surface area (TPSA) is 84.6 Å². The molecule has 0 bridgehead atoms. The van der Waals surface area contributed by atoms with Crippen LogP contribution in [0.2, 0.25) is 0 Å². The van der Waals surface area contributed by atoms with E-state index in [0.29, 0.717) is 18.8 Å². The number of amides is 1. The minimum atomic E-state index is 0.0115. The first kappa shape index (κ1) is 17.4. The Bertz CT molecular complexity index is 742. The summed E-state index contributed by atoms with van der Waals surface area (Å²) in [5, 5.41) is 4.87. The number of fused-ring (bicyclic) bond motifs is 1. The number of nitrogens with zero attached hydrogens (tertiary/aromatic N) is 5. The SMILES string of the molecule is CN(CCc1ncon1)C(=O)C1CCc2sc(N3CCOCC3)nc2C1. The van der Waals surface area contributed by atoms with Crippen molar-refractivity contribution in [1.82, 2.24) is 20.0 Å². The van der Waals surface area contributed by atoms with Crippen molar-refractivity contribution in [2.45, 2.75) is 25.7 Å². The highest BCUT2D eigenvalue weighted by Crippen LogP contribution is 2.34. The van der Waals surface area contributed by atoms with Crippen LogP contribution in [0.3, 0.4) is 0 Å². The maximum absolute atomic E-state index is 12.8. The van der Waals surface area contributed by atoms with Gasteiger partial charge in [-0.15, -0.1) is 11.3 Å². The average Bonchev–Trinajstić information content (AvgIpc) is 3.35. The van der Waals surface area contributed by atoms with Crippen molar-refractivity contribution in [2.75, 3.05) is 44.8 Å². The predicted octanol–water partition coefficient (Wildman–Crippen LogP) is 1.17. The number of anilines is 1. The molecule has 1 amide bonds. The van der Waals surface area contributed by atoms with Gasteiger partial charge >= 0.3 is 0 Å². The molecule has 0 N–H and O–H groups in total. The summed E-state index contributed by atoms with van der Waals surface area (Å²) in [6.45, 7) is 3.91. The molecular formula is C17H23N5O3S. The lowest BCUT2D eigenvalue weighted by atomic mass is 9.90. The minimum Gasteiger partial charge on any atom is -0.378 e. The molecule has 3 heterocycles. The highest BCUT2D eigenvalue weighted by Gasteiger charge is 2.30. The predicted molar refractivity (Wildman–Crippen MR) is 96.3 cm³/mol. The molecule has 0 radical (unpaired) electrons. The van der Waals surface area contributed by atoms with Gasteiger partial charge in [0.15, 0.2) is 11.0 Å². The standard InChI is InChI=1S/C17H23N5O3S/c1-21(5-4-15-18-11-25-20-15)16(23)12-2-3-14-13(10-12)19-17(26-14)22-6-8-24-9-7-22/h11-12H,2-10H2,1H3. The zero-order valence-corrected chi connectivity index (χ0v) is 15.7. The Morgan fingerprint density at radius 1 is 1.42 bits per heavy atom. The van der Waals surface area contributed by atoms with Gasteiger partial charge in [-0.25, -0.2) is 4.98 Å².